The summed E-state index contributed by atoms with van der Waals surface area (Å²) >= 11 is 0. The first-order valence-electron chi connectivity index (χ1n) is 7.36. The molecule has 120 valence electrons. The molecule has 0 unspecified atom stereocenters. The minimum Gasteiger partial charge on any atom is -0.465 e. The minimum atomic E-state index is -0.774. The third-order valence-corrected chi connectivity index (χ3v) is 3.99. The van der Waals surface area contributed by atoms with Gasteiger partial charge in [-0.1, -0.05) is 6.07 Å². The molecule has 1 atom stereocenters. The van der Waals surface area contributed by atoms with Gasteiger partial charge in [0.05, 0.1) is 19.1 Å². The lowest BCUT2D eigenvalue weighted by Gasteiger charge is -2.26. The molecule has 1 N–H and O–H groups in total. The van der Waals surface area contributed by atoms with Gasteiger partial charge in [-0.25, -0.2) is 4.79 Å². The molecule has 1 aromatic carbocycles. The molecule has 0 radical (unpaired) electrons. The first-order chi connectivity index (χ1) is 11.0. The van der Waals surface area contributed by atoms with Gasteiger partial charge in [0.25, 0.3) is 5.91 Å². The Kier molecular flexibility index (Phi) is 3.85. The van der Waals surface area contributed by atoms with Crippen molar-refractivity contribution in [2.75, 3.05) is 7.11 Å². The second-order valence-electron chi connectivity index (χ2n) is 5.65. The number of amides is 3. The van der Waals surface area contributed by atoms with Gasteiger partial charge >= 0.3 is 5.97 Å². The normalized spacial score (nSPS) is 20.1. The van der Waals surface area contributed by atoms with E-state index in [9.17, 15) is 19.2 Å². The van der Waals surface area contributed by atoms with Crippen molar-refractivity contribution in [3.63, 3.8) is 0 Å². The van der Waals surface area contributed by atoms with Crippen LogP contribution in [0.3, 0.4) is 0 Å². The van der Waals surface area contributed by atoms with Crippen LogP contribution in [0.15, 0.2) is 24.3 Å². The van der Waals surface area contributed by atoms with Crippen molar-refractivity contribution in [2.24, 2.45) is 0 Å². The predicted molar refractivity (Wildman–Crippen MR) is 78.5 cm³/mol. The molecule has 2 fully saturated rings. The number of rotatable bonds is 4. The Hall–Kier alpha value is -2.70. The third kappa shape index (κ3) is 2.94. The Morgan fingerprint density at radius 3 is 2.48 bits per heavy atom. The summed E-state index contributed by atoms with van der Waals surface area (Å²) in [5.74, 6) is -1.71. The number of ether oxygens (including phenoxy) is 1. The molecule has 2 aliphatic rings. The Labute approximate surface area is 132 Å². The maximum atomic E-state index is 12.8. The highest BCUT2D eigenvalue weighted by molar-refractivity contribution is 6.08. The number of carbonyl (C=O) groups excluding carboxylic acids is 4. The van der Waals surface area contributed by atoms with E-state index in [1.165, 1.54) is 18.1 Å². The number of carbonyl (C=O) groups is 4. The zero-order valence-corrected chi connectivity index (χ0v) is 12.6. The fraction of sp³-hybridized carbons (Fsp3) is 0.375. The SMILES string of the molecule is COC(=O)c1cccc(C(=O)N(C2CC2)[C@H]2CC(=O)NC2=O)c1. The van der Waals surface area contributed by atoms with Gasteiger partial charge in [0.15, 0.2) is 0 Å². The van der Waals surface area contributed by atoms with Gasteiger partial charge < -0.3 is 9.64 Å². The van der Waals surface area contributed by atoms with Gasteiger partial charge in [-0.3, -0.25) is 19.7 Å². The van der Waals surface area contributed by atoms with Crippen molar-refractivity contribution in [2.45, 2.75) is 31.3 Å². The smallest absolute Gasteiger partial charge is 0.337 e. The summed E-state index contributed by atoms with van der Waals surface area (Å²) in [7, 11) is 1.27. The lowest BCUT2D eigenvalue weighted by Crippen LogP contribution is -2.46. The topological polar surface area (TPSA) is 92.8 Å². The molecular weight excluding hydrogens is 300 g/mol. The Balaban J connectivity index is 1.89. The van der Waals surface area contributed by atoms with E-state index in [1.807, 2.05) is 0 Å². The van der Waals surface area contributed by atoms with E-state index < -0.39 is 17.9 Å². The standard InChI is InChI=1S/C16H16N2O5/c1-23-16(22)10-4-2-3-9(7-10)15(21)18(11-5-6-11)12-8-13(19)17-14(12)20/h2-4,7,11-12H,5-6,8H2,1H3,(H,17,19,20)/t12-/m0/s1. The number of esters is 1. The highest BCUT2D eigenvalue weighted by Gasteiger charge is 2.44. The molecule has 1 heterocycles. The minimum absolute atomic E-state index is 0.0161. The summed E-state index contributed by atoms with van der Waals surface area (Å²) in [5.41, 5.74) is 0.563. The average molecular weight is 316 g/mol. The quantitative estimate of drug-likeness (QED) is 0.645. The summed E-state index contributed by atoms with van der Waals surface area (Å²) in [4.78, 5) is 49.2. The average Bonchev–Trinajstić information content (AvgIpc) is 3.32. The van der Waals surface area contributed by atoms with Crippen LogP contribution in [0.25, 0.3) is 0 Å². The Bertz CT molecular complexity index is 695. The zero-order chi connectivity index (χ0) is 16.6. The van der Waals surface area contributed by atoms with Crippen LogP contribution < -0.4 is 5.32 Å². The van der Waals surface area contributed by atoms with Crippen LogP contribution in [0.1, 0.15) is 40.0 Å². The van der Waals surface area contributed by atoms with Crippen LogP contribution in [0, 0.1) is 0 Å². The van der Waals surface area contributed by atoms with Crippen LogP contribution in [0.4, 0.5) is 0 Å². The van der Waals surface area contributed by atoms with Crippen molar-refractivity contribution in [1.29, 1.82) is 0 Å². The third-order valence-electron chi connectivity index (χ3n) is 3.99. The lowest BCUT2D eigenvalue weighted by atomic mass is 10.1. The fourth-order valence-electron chi connectivity index (χ4n) is 2.73. The van der Waals surface area contributed by atoms with Crippen molar-refractivity contribution >= 4 is 23.7 Å². The van der Waals surface area contributed by atoms with Crippen LogP contribution in [-0.2, 0) is 14.3 Å². The van der Waals surface area contributed by atoms with E-state index in [1.54, 1.807) is 18.2 Å². The van der Waals surface area contributed by atoms with Gasteiger partial charge in [0, 0.05) is 11.6 Å². The van der Waals surface area contributed by atoms with Crippen LogP contribution in [0.5, 0.6) is 0 Å². The van der Waals surface area contributed by atoms with E-state index in [2.05, 4.69) is 10.1 Å². The van der Waals surface area contributed by atoms with Crippen LogP contribution in [-0.4, -0.2) is 47.8 Å². The van der Waals surface area contributed by atoms with Gasteiger partial charge in [0.1, 0.15) is 6.04 Å². The predicted octanol–water partition coefficient (Wildman–Crippen LogP) is 0.493. The van der Waals surface area contributed by atoms with E-state index >= 15 is 0 Å². The molecule has 23 heavy (non-hydrogen) atoms. The molecule has 3 rings (SSSR count). The molecule has 3 amide bonds. The maximum Gasteiger partial charge on any atom is 0.337 e. The molecule has 1 aliphatic carbocycles. The largest absolute Gasteiger partial charge is 0.465 e. The van der Waals surface area contributed by atoms with Crippen molar-refractivity contribution in [3.05, 3.63) is 35.4 Å². The molecule has 1 aliphatic heterocycles. The summed E-state index contributed by atoms with van der Waals surface area (Å²) in [6, 6.07) is 5.35. The van der Waals surface area contributed by atoms with Crippen LogP contribution >= 0.6 is 0 Å². The summed E-state index contributed by atoms with van der Waals surface area (Å²) < 4.78 is 4.65. The highest BCUT2D eigenvalue weighted by atomic mass is 16.5. The van der Waals surface area contributed by atoms with E-state index in [0.717, 1.165) is 12.8 Å². The second-order valence-corrected chi connectivity index (χ2v) is 5.65. The Morgan fingerprint density at radius 2 is 1.91 bits per heavy atom. The Morgan fingerprint density at radius 1 is 1.22 bits per heavy atom. The van der Waals surface area contributed by atoms with E-state index in [4.69, 9.17) is 0 Å². The lowest BCUT2D eigenvalue weighted by molar-refractivity contribution is -0.126. The molecule has 7 nitrogen and oxygen atoms in total. The molecule has 1 aromatic rings. The fourth-order valence-corrected chi connectivity index (χ4v) is 2.73. The second kappa shape index (κ2) is 5.83. The molecule has 1 saturated heterocycles. The molecule has 1 saturated carbocycles. The molecule has 0 spiro atoms. The first kappa shape index (κ1) is 15.2. The van der Waals surface area contributed by atoms with E-state index in [0.29, 0.717) is 5.56 Å². The van der Waals surface area contributed by atoms with Gasteiger partial charge in [-0.05, 0) is 31.0 Å². The number of benzene rings is 1. The highest BCUT2D eigenvalue weighted by Crippen LogP contribution is 2.32. The summed E-state index contributed by atoms with van der Waals surface area (Å²) in [6.45, 7) is 0. The van der Waals surface area contributed by atoms with Crippen molar-refractivity contribution in [3.8, 4) is 0 Å². The monoisotopic (exact) mass is 316 g/mol. The van der Waals surface area contributed by atoms with Gasteiger partial charge in [-0.15, -0.1) is 0 Å². The molecular formula is C16H16N2O5. The number of imide groups is 1. The van der Waals surface area contributed by atoms with Gasteiger partial charge in [-0.2, -0.15) is 0 Å². The first-order valence-corrected chi connectivity index (χ1v) is 7.36. The van der Waals surface area contributed by atoms with Crippen molar-refractivity contribution in [1.82, 2.24) is 10.2 Å². The van der Waals surface area contributed by atoms with Crippen LogP contribution in [0.2, 0.25) is 0 Å². The molecule has 0 bridgehead atoms. The number of nitrogens with zero attached hydrogens (tertiary/aromatic N) is 1. The summed E-state index contributed by atoms with van der Waals surface area (Å²) in [5, 5.41) is 2.23. The molecule has 0 aromatic heterocycles. The number of nitrogens with one attached hydrogen (secondary N) is 1. The number of hydrogen-bond acceptors (Lipinski definition) is 5. The summed E-state index contributed by atoms with van der Waals surface area (Å²) in [6.07, 6.45) is 1.60. The van der Waals surface area contributed by atoms with Gasteiger partial charge in [0.2, 0.25) is 11.8 Å². The number of methoxy groups -OCH3 is 1. The van der Waals surface area contributed by atoms with E-state index in [-0.39, 0.29) is 29.8 Å². The zero-order valence-electron chi connectivity index (χ0n) is 12.6. The number of hydrogen-bond donors (Lipinski definition) is 1. The maximum absolute atomic E-state index is 12.8. The molecule has 7 heteroatoms. The van der Waals surface area contributed by atoms with Crippen molar-refractivity contribution < 1.29 is 23.9 Å².